The van der Waals surface area contributed by atoms with Gasteiger partial charge in [0.1, 0.15) is 22.8 Å². The second kappa shape index (κ2) is 5.37. The number of fused-ring (bicyclic) bond motifs is 1. The monoisotopic (exact) mass is 295 g/mol. The molecule has 0 fully saturated rings. The fourth-order valence-electron chi connectivity index (χ4n) is 2.34. The van der Waals surface area contributed by atoms with Gasteiger partial charge in [-0.3, -0.25) is 9.78 Å². The summed E-state index contributed by atoms with van der Waals surface area (Å²) in [5.41, 5.74) is 1.09. The van der Waals surface area contributed by atoms with Gasteiger partial charge >= 0.3 is 0 Å². The third-order valence-electron chi connectivity index (χ3n) is 3.36. The number of carbonyl (C=O) groups excluding carboxylic acids is 1. The van der Waals surface area contributed by atoms with Gasteiger partial charge < -0.3 is 15.3 Å². The molecule has 0 aliphatic carbocycles. The normalized spacial score (nSPS) is 10.7. The van der Waals surface area contributed by atoms with Crippen LogP contribution in [0.25, 0.3) is 10.9 Å². The van der Waals surface area contributed by atoms with E-state index >= 15 is 0 Å². The molecular formula is C17H13NO4. The van der Waals surface area contributed by atoms with E-state index in [1.165, 1.54) is 0 Å². The molecule has 3 rings (SSSR count). The summed E-state index contributed by atoms with van der Waals surface area (Å²) >= 11 is 0. The molecule has 0 amide bonds. The number of nitrogens with zero attached hydrogens (tertiary/aromatic N) is 1. The van der Waals surface area contributed by atoms with E-state index in [4.69, 9.17) is 0 Å². The minimum Gasteiger partial charge on any atom is -0.508 e. The smallest absolute Gasteiger partial charge is 0.176 e. The SMILES string of the molecule is O=C(Cc1ccc2ccccc2n1)c1c(O)cc(O)cc1O. The van der Waals surface area contributed by atoms with E-state index in [2.05, 4.69) is 4.98 Å². The molecule has 22 heavy (non-hydrogen) atoms. The molecule has 0 spiro atoms. The van der Waals surface area contributed by atoms with Gasteiger partial charge in [-0.25, -0.2) is 0 Å². The Labute approximate surface area is 126 Å². The maximum absolute atomic E-state index is 12.3. The van der Waals surface area contributed by atoms with Crippen molar-refractivity contribution in [1.82, 2.24) is 4.98 Å². The Bertz CT molecular complexity index is 850. The number of para-hydroxylation sites is 1. The van der Waals surface area contributed by atoms with Gasteiger partial charge in [0, 0.05) is 23.2 Å². The minimum atomic E-state index is -0.474. The second-order valence-corrected chi connectivity index (χ2v) is 4.95. The highest BCUT2D eigenvalue weighted by Gasteiger charge is 2.18. The summed E-state index contributed by atoms with van der Waals surface area (Å²) in [6.07, 6.45) is -0.0588. The van der Waals surface area contributed by atoms with Crippen LogP contribution >= 0.6 is 0 Å². The molecular weight excluding hydrogens is 282 g/mol. The number of phenolic OH excluding ortho intramolecular Hbond substituents is 3. The zero-order chi connectivity index (χ0) is 15.7. The molecule has 0 unspecified atom stereocenters. The summed E-state index contributed by atoms with van der Waals surface area (Å²) in [4.78, 5) is 16.6. The van der Waals surface area contributed by atoms with Crippen LogP contribution in [0.2, 0.25) is 0 Å². The van der Waals surface area contributed by atoms with Crippen LogP contribution in [-0.4, -0.2) is 26.1 Å². The fraction of sp³-hybridized carbons (Fsp3) is 0.0588. The first-order valence-electron chi connectivity index (χ1n) is 6.67. The second-order valence-electron chi connectivity index (χ2n) is 4.95. The number of hydrogen-bond acceptors (Lipinski definition) is 5. The number of aromatic hydroxyl groups is 3. The van der Waals surface area contributed by atoms with E-state index in [0.717, 1.165) is 23.0 Å². The van der Waals surface area contributed by atoms with Gasteiger partial charge in [0.25, 0.3) is 0 Å². The van der Waals surface area contributed by atoms with E-state index in [9.17, 15) is 20.1 Å². The first kappa shape index (κ1) is 13.9. The number of benzene rings is 2. The third kappa shape index (κ3) is 2.56. The summed E-state index contributed by atoms with van der Waals surface area (Å²) in [5, 5.41) is 29.7. The van der Waals surface area contributed by atoms with E-state index in [0.29, 0.717) is 5.69 Å². The summed E-state index contributed by atoms with van der Waals surface area (Å²) in [5.74, 6) is -1.69. The molecule has 0 saturated carbocycles. The van der Waals surface area contributed by atoms with E-state index < -0.39 is 17.3 Å². The molecule has 2 aromatic carbocycles. The van der Waals surface area contributed by atoms with Crippen molar-refractivity contribution in [2.24, 2.45) is 0 Å². The van der Waals surface area contributed by atoms with Crippen molar-refractivity contribution in [3.63, 3.8) is 0 Å². The Morgan fingerprint density at radius 1 is 0.955 bits per heavy atom. The van der Waals surface area contributed by atoms with Crippen molar-refractivity contribution >= 4 is 16.7 Å². The van der Waals surface area contributed by atoms with Crippen LogP contribution in [0.5, 0.6) is 17.2 Å². The number of Topliss-reactive ketones (excluding diaryl/α,β-unsaturated/α-hetero) is 1. The average Bonchev–Trinajstić information content (AvgIpc) is 2.46. The van der Waals surface area contributed by atoms with Gasteiger partial charge in [-0.05, 0) is 12.1 Å². The van der Waals surface area contributed by atoms with Crippen LogP contribution in [0, 0.1) is 0 Å². The molecule has 110 valence electrons. The van der Waals surface area contributed by atoms with Gasteiger partial charge in [0.15, 0.2) is 5.78 Å². The lowest BCUT2D eigenvalue weighted by atomic mass is 10.0. The zero-order valence-electron chi connectivity index (χ0n) is 11.5. The van der Waals surface area contributed by atoms with Crippen LogP contribution in [0.4, 0.5) is 0 Å². The lowest BCUT2D eigenvalue weighted by molar-refractivity contribution is 0.0986. The first-order chi connectivity index (χ1) is 10.5. The zero-order valence-corrected chi connectivity index (χ0v) is 11.5. The summed E-state index contributed by atoms with van der Waals surface area (Å²) < 4.78 is 0. The molecule has 1 aromatic heterocycles. The minimum absolute atomic E-state index is 0.0588. The topological polar surface area (TPSA) is 90.7 Å². The quantitative estimate of drug-likeness (QED) is 0.646. The summed E-state index contributed by atoms with van der Waals surface area (Å²) in [6.45, 7) is 0. The molecule has 5 heteroatoms. The Morgan fingerprint density at radius 3 is 2.36 bits per heavy atom. The standard InChI is InChI=1S/C17H13NO4/c19-12-8-15(21)17(16(22)9-12)14(20)7-11-6-5-10-3-1-2-4-13(10)18-11/h1-6,8-9,19,21-22H,7H2. The van der Waals surface area contributed by atoms with Gasteiger partial charge in [-0.2, -0.15) is 0 Å². The molecule has 0 aliphatic heterocycles. The predicted octanol–water partition coefficient (Wildman–Crippen LogP) is 2.78. The molecule has 5 nitrogen and oxygen atoms in total. The maximum Gasteiger partial charge on any atom is 0.176 e. The number of aromatic nitrogens is 1. The van der Waals surface area contributed by atoms with Gasteiger partial charge in [0.2, 0.25) is 0 Å². The fourth-order valence-corrected chi connectivity index (χ4v) is 2.34. The predicted molar refractivity (Wildman–Crippen MR) is 81.2 cm³/mol. The van der Waals surface area contributed by atoms with E-state index in [-0.39, 0.29) is 17.7 Å². The van der Waals surface area contributed by atoms with Crippen LogP contribution < -0.4 is 0 Å². The average molecular weight is 295 g/mol. The molecule has 0 saturated heterocycles. The third-order valence-corrected chi connectivity index (χ3v) is 3.36. The Kier molecular flexibility index (Phi) is 3.39. The van der Waals surface area contributed by atoms with Crippen molar-refractivity contribution in [3.05, 3.63) is 59.8 Å². The lowest BCUT2D eigenvalue weighted by Crippen LogP contribution is -2.06. The Balaban J connectivity index is 1.93. The highest BCUT2D eigenvalue weighted by atomic mass is 16.3. The molecule has 3 N–H and O–H groups in total. The Morgan fingerprint density at radius 2 is 1.64 bits per heavy atom. The number of pyridine rings is 1. The van der Waals surface area contributed by atoms with Crippen molar-refractivity contribution in [2.75, 3.05) is 0 Å². The summed E-state index contributed by atoms with van der Waals surface area (Å²) in [6, 6.07) is 13.2. The van der Waals surface area contributed by atoms with Crippen LogP contribution in [0.1, 0.15) is 16.1 Å². The molecule has 0 atom stereocenters. The van der Waals surface area contributed by atoms with Crippen LogP contribution in [0.3, 0.4) is 0 Å². The number of hydrogen-bond donors (Lipinski definition) is 3. The van der Waals surface area contributed by atoms with Crippen LogP contribution in [0.15, 0.2) is 48.5 Å². The molecule has 1 heterocycles. The van der Waals surface area contributed by atoms with Gasteiger partial charge in [0.05, 0.1) is 11.9 Å². The highest BCUT2D eigenvalue weighted by Crippen LogP contribution is 2.32. The van der Waals surface area contributed by atoms with Crippen molar-refractivity contribution in [1.29, 1.82) is 0 Å². The van der Waals surface area contributed by atoms with E-state index in [1.807, 2.05) is 30.3 Å². The number of ketones is 1. The molecule has 3 aromatic rings. The highest BCUT2D eigenvalue weighted by molar-refractivity contribution is 6.02. The van der Waals surface area contributed by atoms with Crippen molar-refractivity contribution in [2.45, 2.75) is 6.42 Å². The maximum atomic E-state index is 12.3. The van der Waals surface area contributed by atoms with Crippen molar-refractivity contribution < 1.29 is 20.1 Å². The van der Waals surface area contributed by atoms with Gasteiger partial charge in [-0.15, -0.1) is 0 Å². The number of carbonyl (C=O) groups is 1. The van der Waals surface area contributed by atoms with Gasteiger partial charge in [-0.1, -0.05) is 24.3 Å². The molecule has 0 bridgehead atoms. The first-order valence-corrected chi connectivity index (χ1v) is 6.67. The number of rotatable bonds is 3. The number of phenols is 3. The largest absolute Gasteiger partial charge is 0.508 e. The van der Waals surface area contributed by atoms with E-state index in [1.54, 1.807) is 6.07 Å². The summed E-state index contributed by atoms with van der Waals surface area (Å²) in [7, 11) is 0. The lowest BCUT2D eigenvalue weighted by Gasteiger charge is -2.07. The van der Waals surface area contributed by atoms with Crippen LogP contribution in [-0.2, 0) is 6.42 Å². The van der Waals surface area contributed by atoms with Crippen molar-refractivity contribution in [3.8, 4) is 17.2 Å². The molecule has 0 aliphatic rings. The Hall–Kier alpha value is -3.08. The molecule has 0 radical (unpaired) electrons.